The molecule has 0 spiro atoms. The number of nitrogens with zero attached hydrogens (tertiary/aromatic N) is 1. The minimum Gasteiger partial charge on any atom is -0.350 e. The van der Waals surface area contributed by atoms with Gasteiger partial charge >= 0.3 is 0 Å². The Hall–Kier alpha value is -0.350. The molecule has 4 heteroatoms. The summed E-state index contributed by atoms with van der Waals surface area (Å²) in [6.45, 7) is 1.85. The zero-order valence-electron chi connectivity index (χ0n) is 7.88. The van der Waals surface area contributed by atoms with Gasteiger partial charge in [0.1, 0.15) is 0 Å². The maximum atomic E-state index is 5.01. The average Bonchev–Trinajstić information content (AvgIpc) is 2.20. The molecule has 2 aliphatic rings. The monoisotopic (exact) mass is 199 g/mol. The van der Waals surface area contributed by atoms with Crippen molar-refractivity contribution in [1.29, 1.82) is 0 Å². The van der Waals surface area contributed by atoms with E-state index < -0.39 is 0 Å². The second kappa shape index (κ2) is 4.24. The molecule has 0 unspecified atom stereocenters. The molecular formula is C9H17N3S. The smallest absolute Gasteiger partial charge is 0.168 e. The fourth-order valence-corrected chi connectivity index (χ4v) is 2.30. The SMILES string of the molecule is S=C1NCN(C2CCCCC2)CN1. The van der Waals surface area contributed by atoms with Gasteiger partial charge in [-0.25, -0.2) is 0 Å². The second-order valence-electron chi connectivity index (χ2n) is 3.88. The molecule has 13 heavy (non-hydrogen) atoms. The minimum absolute atomic E-state index is 0.775. The van der Waals surface area contributed by atoms with E-state index in [0.717, 1.165) is 24.5 Å². The van der Waals surface area contributed by atoms with E-state index in [4.69, 9.17) is 12.2 Å². The van der Waals surface area contributed by atoms with E-state index in [1.54, 1.807) is 0 Å². The summed E-state index contributed by atoms with van der Waals surface area (Å²) < 4.78 is 0. The molecule has 0 atom stereocenters. The number of thiocarbonyl (C=S) groups is 1. The van der Waals surface area contributed by atoms with Crippen molar-refractivity contribution in [3.05, 3.63) is 0 Å². The van der Waals surface area contributed by atoms with Crippen LogP contribution in [0.2, 0.25) is 0 Å². The van der Waals surface area contributed by atoms with Crippen LogP contribution in [0.4, 0.5) is 0 Å². The molecule has 0 aromatic carbocycles. The third-order valence-corrected chi connectivity index (χ3v) is 3.27. The summed E-state index contributed by atoms with van der Waals surface area (Å²) in [6.07, 6.45) is 6.92. The molecule has 2 N–H and O–H groups in total. The molecule has 0 aromatic heterocycles. The van der Waals surface area contributed by atoms with Gasteiger partial charge in [0.2, 0.25) is 0 Å². The quantitative estimate of drug-likeness (QED) is 0.616. The molecule has 0 aromatic rings. The molecule has 3 nitrogen and oxygen atoms in total. The molecule has 1 heterocycles. The zero-order chi connectivity index (χ0) is 9.10. The van der Waals surface area contributed by atoms with Gasteiger partial charge in [0.05, 0.1) is 13.3 Å². The van der Waals surface area contributed by atoms with E-state index >= 15 is 0 Å². The van der Waals surface area contributed by atoms with Crippen molar-refractivity contribution in [3.63, 3.8) is 0 Å². The summed E-state index contributed by atoms with van der Waals surface area (Å²) in [5, 5.41) is 7.15. The van der Waals surface area contributed by atoms with Gasteiger partial charge in [-0.15, -0.1) is 0 Å². The minimum atomic E-state index is 0.775. The standard InChI is InChI=1S/C9H17N3S/c13-9-10-6-12(7-11-9)8-4-2-1-3-5-8/h8H,1-7H2,(H2,10,11,13). The summed E-state index contributed by atoms with van der Waals surface area (Å²) >= 11 is 5.01. The maximum absolute atomic E-state index is 5.01. The summed E-state index contributed by atoms with van der Waals surface area (Å²) in [4.78, 5) is 2.45. The summed E-state index contributed by atoms with van der Waals surface area (Å²) in [7, 11) is 0. The summed E-state index contributed by atoms with van der Waals surface area (Å²) in [5.74, 6) is 0. The number of rotatable bonds is 1. The lowest BCUT2D eigenvalue weighted by molar-refractivity contribution is 0.138. The fourth-order valence-electron chi connectivity index (χ4n) is 2.17. The fraction of sp³-hybridized carbons (Fsp3) is 0.889. The van der Waals surface area contributed by atoms with Crippen LogP contribution < -0.4 is 10.6 Å². The van der Waals surface area contributed by atoms with E-state index in [1.807, 2.05) is 0 Å². The Balaban J connectivity index is 1.82. The molecule has 1 aliphatic carbocycles. The van der Waals surface area contributed by atoms with Crippen molar-refractivity contribution in [1.82, 2.24) is 15.5 Å². The average molecular weight is 199 g/mol. The van der Waals surface area contributed by atoms with Crippen molar-refractivity contribution in [2.24, 2.45) is 0 Å². The maximum Gasteiger partial charge on any atom is 0.168 e. The first-order chi connectivity index (χ1) is 6.36. The highest BCUT2D eigenvalue weighted by atomic mass is 32.1. The summed E-state index contributed by atoms with van der Waals surface area (Å²) in [5.41, 5.74) is 0. The normalized spacial score (nSPS) is 26.6. The third kappa shape index (κ3) is 2.31. The van der Waals surface area contributed by atoms with Crippen molar-refractivity contribution in [2.45, 2.75) is 38.1 Å². The van der Waals surface area contributed by atoms with E-state index in [2.05, 4.69) is 15.5 Å². The van der Waals surface area contributed by atoms with E-state index in [1.165, 1.54) is 32.1 Å². The molecule has 1 saturated carbocycles. The predicted octanol–water partition coefficient (Wildman–Crippen LogP) is 1.01. The number of nitrogens with one attached hydrogen (secondary N) is 2. The highest BCUT2D eigenvalue weighted by Gasteiger charge is 2.22. The van der Waals surface area contributed by atoms with Gasteiger partial charge in [0.15, 0.2) is 5.11 Å². The van der Waals surface area contributed by atoms with Crippen LogP contribution in [0.25, 0.3) is 0 Å². The lowest BCUT2D eigenvalue weighted by Crippen LogP contribution is -2.57. The van der Waals surface area contributed by atoms with Crippen LogP contribution >= 0.6 is 12.2 Å². The Bertz CT molecular complexity index is 179. The Labute approximate surface area is 84.9 Å². The highest BCUT2D eigenvalue weighted by Crippen LogP contribution is 2.21. The first kappa shape index (κ1) is 9.21. The number of hydrogen-bond acceptors (Lipinski definition) is 2. The first-order valence-corrected chi connectivity index (χ1v) is 5.53. The molecular weight excluding hydrogens is 182 g/mol. The number of hydrogen-bond donors (Lipinski definition) is 2. The Kier molecular flexibility index (Phi) is 3.01. The highest BCUT2D eigenvalue weighted by molar-refractivity contribution is 7.80. The van der Waals surface area contributed by atoms with Crippen LogP contribution in [0.5, 0.6) is 0 Å². The van der Waals surface area contributed by atoms with Gasteiger partial charge in [0.25, 0.3) is 0 Å². The first-order valence-electron chi connectivity index (χ1n) is 5.12. The van der Waals surface area contributed by atoms with Crippen molar-refractivity contribution >= 4 is 17.3 Å². The van der Waals surface area contributed by atoms with Crippen LogP contribution in [0.15, 0.2) is 0 Å². The predicted molar refractivity (Wildman–Crippen MR) is 57.3 cm³/mol. The largest absolute Gasteiger partial charge is 0.350 e. The molecule has 0 bridgehead atoms. The third-order valence-electron chi connectivity index (χ3n) is 2.98. The zero-order valence-corrected chi connectivity index (χ0v) is 8.70. The van der Waals surface area contributed by atoms with Gasteiger partial charge in [-0.1, -0.05) is 19.3 Å². The molecule has 74 valence electrons. The van der Waals surface area contributed by atoms with Gasteiger partial charge in [-0.2, -0.15) is 0 Å². The van der Waals surface area contributed by atoms with Crippen LogP contribution in [0, 0.1) is 0 Å². The molecule has 0 radical (unpaired) electrons. The van der Waals surface area contributed by atoms with Gasteiger partial charge in [0, 0.05) is 6.04 Å². The summed E-state index contributed by atoms with van der Waals surface area (Å²) in [6, 6.07) is 0.775. The molecule has 0 amide bonds. The molecule has 2 rings (SSSR count). The lowest BCUT2D eigenvalue weighted by atomic mass is 9.94. The van der Waals surface area contributed by atoms with Gasteiger partial charge in [-0.3, -0.25) is 4.90 Å². The van der Waals surface area contributed by atoms with Crippen molar-refractivity contribution in [3.8, 4) is 0 Å². The van der Waals surface area contributed by atoms with E-state index in [-0.39, 0.29) is 0 Å². The lowest BCUT2D eigenvalue weighted by Gasteiger charge is -2.37. The van der Waals surface area contributed by atoms with Crippen LogP contribution in [0.1, 0.15) is 32.1 Å². The topological polar surface area (TPSA) is 27.3 Å². The van der Waals surface area contributed by atoms with Gasteiger partial charge in [-0.05, 0) is 25.1 Å². The van der Waals surface area contributed by atoms with E-state index in [0.29, 0.717) is 0 Å². The molecule has 1 aliphatic heterocycles. The van der Waals surface area contributed by atoms with Crippen molar-refractivity contribution < 1.29 is 0 Å². The van der Waals surface area contributed by atoms with Crippen molar-refractivity contribution in [2.75, 3.05) is 13.3 Å². The van der Waals surface area contributed by atoms with Crippen LogP contribution in [-0.4, -0.2) is 29.4 Å². The van der Waals surface area contributed by atoms with Crippen LogP contribution in [-0.2, 0) is 0 Å². The second-order valence-corrected chi connectivity index (χ2v) is 4.29. The van der Waals surface area contributed by atoms with Gasteiger partial charge < -0.3 is 10.6 Å². The van der Waals surface area contributed by atoms with Crippen LogP contribution in [0.3, 0.4) is 0 Å². The Morgan fingerprint density at radius 2 is 1.69 bits per heavy atom. The molecule has 1 saturated heterocycles. The Morgan fingerprint density at radius 3 is 2.31 bits per heavy atom. The molecule has 2 fully saturated rings. The Morgan fingerprint density at radius 1 is 1.08 bits per heavy atom. The van der Waals surface area contributed by atoms with E-state index in [9.17, 15) is 0 Å².